The first-order valence-corrected chi connectivity index (χ1v) is 16.0. The monoisotopic (exact) mass is 562 g/mol. The van der Waals surface area contributed by atoms with Crippen LogP contribution in [0.2, 0.25) is 0 Å². The van der Waals surface area contributed by atoms with E-state index in [0.717, 1.165) is 41.8 Å². The van der Waals surface area contributed by atoms with Crippen LogP contribution in [0.1, 0.15) is 60.7 Å². The van der Waals surface area contributed by atoms with Crippen molar-refractivity contribution >= 4 is 21.4 Å². The molecule has 0 aromatic heterocycles. The molecule has 40 heavy (non-hydrogen) atoms. The van der Waals surface area contributed by atoms with Gasteiger partial charge in [0, 0.05) is 31.7 Å². The van der Waals surface area contributed by atoms with Crippen molar-refractivity contribution in [1.82, 2.24) is 4.90 Å². The molecule has 1 aliphatic rings. The maximum absolute atomic E-state index is 13.6. The topological polar surface area (TPSA) is 66.9 Å². The molecule has 7 heteroatoms. The molecule has 0 N–H and O–H groups in total. The Morgan fingerprint density at radius 2 is 1.60 bits per heavy atom. The fraction of sp³-hybridized carbons (Fsp3) is 0.424. The van der Waals surface area contributed by atoms with Gasteiger partial charge in [0.2, 0.25) is 0 Å². The lowest BCUT2D eigenvalue weighted by Gasteiger charge is -2.37. The Morgan fingerprint density at radius 1 is 0.925 bits per heavy atom. The molecule has 0 bridgehead atoms. The first-order valence-electron chi connectivity index (χ1n) is 14.3. The van der Waals surface area contributed by atoms with Gasteiger partial charge in [0.05, 0.1) is 22.9 Å². The SMILES string of the molecule is CCCCc1ccc(CS(=O)(=O)c2ccc(C)c(C(=O)N3CCN(c4ccccc4OCC(C)C)CC3)c2)cc1. The van der Waals surface area contributed by atoms with Crippen LogP contribution < -0.4 is 9.64 Å². The van der Waals surface area contributed by atoms with Crippen LogP contribution in [0.15, 0.2) is 71.6 Å². The van der Waals surface area contributed by atoms with Gasteiger partial charge in [-0.2, -0.15) is 0 Å². The number of benzene rings is 3. The number of ether oxygens (including phenoxy) is 1. The van der Waals surface area contributed by atoms with Crippen molar-refractivity contribution in [3.05, 3.63) is 89.0 Å². The number of sulfone groups is 1. The zero-order valence-electron chi connectivity index (χ0n) is 24.2. The molecular weight excluding hydrogens is 520 g/mol. The number of para-hydroxylation sites is 2. The van der Waals surface area contributed by atoms with Crippen molar-refractivity contribution in [2.75, 3.05) is 37.7 Å². The van der Waals surface area contributed by atoms with Crippen molar-refractivity contribution < 1.29 is 17.9 Å². The second kappa shape index (κ2) is 13.4. The van der Waals surface area contributed by atoms with Crippen molar-refractivity contribution in [3.8, 4) is 5.75 Å². The van der Waals surface area contributed by atoms with Crippen LogP contribution in [0.3, 0.4) is 0 Å². The van der Waals surface area contributed by atoms with E-state index in [2.05, 4.69) is 31.7 Å². The van der Waals surface area contributed by atoms with Gasteiger partial charge in [-0.15, -0.1) is 0 Å². The molecule has 0 atom stereocenters. The van der Waals surface area contributed by atoms with Gasteiger partial charge in [-0.05, 0) is 66.6 Å². The summed E-state index contributed by atoms with van der Waals surface area (Å²) in [6.07, 6.45) is 3.24. The van der Waals surface area contributed by atoms with E-state index in [1.807, 2.05) is 54.3 Å². The first kappa shape index (κ1) is 29.7. The highest BCUT2D eigenvalue weighted by atomic mass is 32.2. The molecule has 1 fully saturated rings. The van der Waals surface area contributed by atoms with Crippen LogP contribution in [0.5, 0.6) is 5.75 Å². The maximum Gasteiger partial charge on any atom is 0.254 e. The van der Waals surface area contributed by atoms with Crippen LogP contribution in [0.25, 0.3) is 0 Å². The van der Waals surface area contributed by atoms with Gasteiger partial charge in [0.1, 0.15) is 5.75 Å². The number of anilines is 1. The third kappa shape index (κ3) is 7.45. The van der Waals surface area contributed by atoms with Gasteiger partial charge in [0.25, 0.3) is 5.91 Å². The lowest BCUT2D eigenvalue weighted by molar-refractivity contribution is 0.0745. The van der Waals surface area contributed by atoms with Crippen LogP contribution in [-0.2, 0) is 22.0 Å². The summed E-state index contributed by atoms with van der Waals surface area (Å²) in [6, 6.07) is 20.8. The largest absolute Gasteiger partial charge is 0.491 e. The molecule has 1 heterocycles. The zero-order valence-corrected chi connectivity index (χ0v) is 25.0. The molecule has 3 aromatic carbocycles. The highest BCUT2D eigenvalue weighted by Gasteiger charge is 2.26. The van der Waals surface area contributed by atoms with E-state index in [0.29, 0.717) is 44.3 Å². The number of hydrogen-bond acceptors (Lipinski definition) is 5. The Hall–Kier alpha value is -3.32. The molecule has 214 valence electrons. The average molecular weight is 563 g/mol. The molecule has 6 nitrogen and oxygen atoms in total. The molecule has 0 saturated carbocycles. The number of unbranched alkanes of at least 4 members (excludes halogenated alkanes) is 1. The standard InChI is InChI=1S/C33H42N2O4S/c1-5-6-9-27-13-15-28(16-14-27)24-40(37,38)29-17-12-26(4)30(22-29)33(36)35-20-18-34(19-21-35)31-10-7-8-11-32(31)39-23-25(2)3/h7-8,10-17,22,25H,5-6,9,18-21,23-24H2,1-4H3. The van der Waals surface area contributed by atoms with Crippen LogP contribution in [0.4, 0.5) is 5.69 Å². The highest BCUT2D eigenvalue weighted by Crippen LogP contribution is 2.30. The van der Waals surface area contributed by atoms with Gasteiger partial charge in [-0.3, -0.25) is 4.79 Å². The van der Waals surface area contributed by atoms with E-state index in [1.165, 1.54) is 5.56 Å². The van der Waals surface area contributed by atoms with Gasteiger partial charge < -0.3 is 14.5 Å². The van der Waals surface area contributed by atoms with Crippen molar-refractivity contribution in [1.29, 1.82) is 0 Å². The van der Waals surface area contributed by atoms with Crippen LogP contribution >= 0.6 is 0 Å². The first-order chi connectivity index (χ1) is 19.2. The summed E-state index contributed by atoms with van der Waals surface area (Å²) < 4.78 is 32.7. The number of piperazine rings is 1. The van der Waals surface area contributed by atoms with Crippen molar-refractivity contribution in [2.24, 2.45) is 5.92 Å². The third-order valence-corrected chi connectivity index (χ3v) is 9.03. The number of carbonyl (C=O) groups is 1. The molecule has 1 saturated heterocycles. The molecular formula is C33H42N2O4S. The molecule has 4 rings (SSSR count). The molecule has 0 aliphatic carbocycles. The smallest absolute Gasteiger partial charge is 0.254 e. The van der Waals surface area contributed by atoms with E-state index in [-0.39, 0.29) is 16.6 Å². The minimum Gasteiger partial charge on any atom is -0.491 e. The maximum atomic E-state index is 13.6. The van der Waals surface area contributed by atoms with Crippen LogP contribution in [0, 0.1) is 12.8 Å². The van der Waals surface area contributed by atoms with Gasteiger partial charge in [-0.1, -0.05) is 69.7 Å². The quantitative estimate of drug-likeness (QED) is 0.274. The summed E-state index contributed by atoms with van der Waals surface area (Å²) in [5.41, 5.74) is 4.24. The lowest BCUT2D eigenvalue weighted by Crippen LogP contribution is -2.49. The summed E-state index contributed by atoms with van der Waals surface area (Å²) in [6.45, 7) is 11.4. The molecule has 0 spiro atoms. The fourth-order valence-electron chi connectivity index (χ4n) is 4.93. The third-order valence-electron chi connectivity index (χ3n) is 7.34. The number of nitrogens with zero attached hydrogens (tertiary/aromatic N) is 2. The number of hydrogen-bond donors (Lipinski definition) is 0. The molecule has 0 radical (unpaired) electrons. The predicted octanol–water partition coefficient (Wildman–Crippen LogP) is 6.31. The van der Waals surface area contributed by atoms with E-state index >= 15 is 0 Å². The number of rotatable bonds is 11. The Kier molecular flexibility index (Phi) is 9.90. The van der Waals surface area contributed by atoms with Gasteiger partial charge in [0.15, 0.2) is 9.84 Å². The molecule has 1 amide bonds. The molecule has 1 aliphatic heterocycles. The summed E-state index contributed by atoms with van der Waals surface area (Å²) in [4.78, 5) is 17.8. The molecule has 0 unspecified atom stereocenters. The van der Waals surface area contributed by atoms with E-state index in [4.69, 9.17) is 4.74 Å². The Labute approximate surface area is 239 Å². The number of aryl methyl sites for hydroxylation is 2. The fourth-order valence-corrected chi connectivity index (χ4v) is 6.30. The van der Waals surface area contributed by atoms with E-state index in [9.17, 15) is 13.2 Å². The number of carbonyl (C=O) groups excluding carboxylic acids is 1. The lowest BCUT2D eigenvalue weighted by atomic mass is 10.1. The summed E-state index contributed by atoms with van der Waals surface area (Å²) in [7, 11) is -3.60. The Bertz CT molecular complexity index is 1390. The summed E-state index contributed by atoms with van der Waals surface area (Å²) in [5.74, 6) is 1.08. The van der Waals surface area contributed by atoms with E-state index < -0.39 is 9.84 Å². The summed E-state index contributed by atoms with van der Waals surface area (Å²) in [5, 5.41) is 0. The van der Waals surface area contributed by atoms with Gasteiger partial charge >= 0.3 is 0 Å². The normalized spacial score (nSPS) is 14.0. The molecule has 3 aromatic rings. The van der Waals surface area contributed by atoms with Crippen molar-refractivity contribution in [3.63, 3.8) is 0 Å². The van der Waals surface area contributed by atoms with Crippen molar-refractivity contribution in [2.45, 2.75) is 57.6 Å². The predicted molar refractivity (Wildman–Crippen MR) is 162 cm³/mol. The Balaban J connectivity index is 1.43. The average Bonchev–Trinajstić information content (AvgIpc) is 2.95. The minimum atomic E-state index is -3.60. The number of amides is 1. The van der Waals surface area contributed by atoms with Crippen LogP contribution in [-0.4, -0.2) is 52.0 Å². The Morgan fingerprint density at radius 3 is 2.27 bits per heavy atom. The minimum absolute atomic E-state index is 0.0886. The van der Waals surface area contributed by atoms with E-state index in [1.54, 1.807) is 18.2 Å². The second-order valence-corrected chi connectivity index (χ2v) is 13.1. The highest BCUT2D eigenvalue weighted by molar-refractivity contribution is 7.90. The zero-order chi connectivity index (χ0) is 28.7. The van der Waals surface area contributed by atoms with Gasteiger partial charge in [-0.25, -0.2) is 8.42 Å². The second-order valence-electron chi connectivity index (χ2n) is 11.1. The summed E-state index contributed by atoms with van der Waals surface area (Å²) >= 11 is 0.